The maximum absolute atomic E-state index is 13.3. The molecule has 0 fully saturated rings. The summed E-state index contributed by atoms with van der Waals surface area (Å²) in [5.74, 6) is -0.478. The summed E-state index contributed by atoms with van der Waals surface area (Å²) in [5.41, 5.74) is 0.140. The lowest BCUT2D eigenvalue weighted by Crippen LogP contribution is -2.41. The molecule has 2 N–H and O–H groups in total. The third kappa shape index (κ3) is 3.71. The second-order valence-corrected chi connectivity index (χ2v) is 3.92. The van der Waals surface area contributed by atoms with Crippen molar-refractivity contribution in [3.63, 3.8) is 0 Å². The number of amides is 2. The average molecular weight is 240 g/mol. The fourth-order valence-corrected chi connectivity index (χ4v) is 1.45. The normalized spacial score (nSPS) is 10.4. The molecule has 0 aliphatic heterocycles. The maximum atomic E-state index is 13.3. The maximum Gasteiger partial charge on any atom is 0.322 e. The summed E-state index contributed by atoms with van der Waals surface area (Å²) in [6.45, 7) is 3.76. The van der Waals surface area contributed by atoms with Crippen LogP contribution in [0.3, 0.4) is 0 Å². The quantitative estimate of drug-likeness (QED) is 0.846. The van der Waals surface area contributed by atoms with Gasteiger partial charge in [0.15, 0.2) is 0 Å². The third-order valence-corrected chi connectivity index (χ3v) is 2.34. The number of urea groups is 1. The SMILES string of the molecule is CC(C)N(CCO)C(=O)Nc1ccccc1F. The van der Waals surface area contributed by atoms with Crippen molar-refractivity contribution in [2.75, 3.05) is 18.5 Å². The summed E-state index contributed by atoms with van der Waals surface area (Å²) < 4.78 is 13.3. The highest BCUT2D eigenvalue weighted by molar-refractivity contribution is 5.89. The molecule has 0 bridgehead atoms. The van der Waals surface area contributed by atoms with Gasteiger partial charge in [-0.05, 0) is 26.0 Å². The Bertz CT molecular complexity index is 383. The number of nitrogens with one attached hydrogen (secondary N) is 1. The second kappa shape index (κ2) is 6.20. The van der Waals surface area contributed by atoms with Crippen LogP contribution in [0.5, 0.6) is 0 Å². The van der Waals surface area contributed by atoms with Crippen LogP contribution in [-0.4, -0.2) is 35.2 Å². The van der Waals surface area contributed by atoms with Gasteiger partial charge in [-0.25, -0.2) is 9.18 Å². The topological polar surface area (TPSA) is 52.6 Å². The molecule has 1 aromatic carbocycles. The second-order valence-electron chi connectivity index (χ2n) is 3.92. The third-order valence-electron chi connectivity index (χ3n) is 2.34. The summed E-state index contributed by atoms with van der Waals surface area (Å²) in [5, 5.41) is 11.3. The molecule has 0 heterocycles. The van der Waals surface area contributed by atoms with Crippen molar-refractivity contribution in [1.29, 1.82) is 0 Å². The predicted molar refractivity (Wildman–Crippen MR) is 64.3 cm³/mol. The monoisotopic (exact) mass is 240 g/mol. The van der Waals surface area contributed by atoms with E-state index in [-0.39, 0.29) is 24.9 Å². The zero-order chi connectivity index (χ0) is 12.8. The van der Waals surface area contributed by atoms with Crippen molar-refractivity contribution in [3.8, 4) is 0 Å². The highest BCUT2D eigenvalue weighted by Gasteiger charge is 2.17. The van der Waals surface area contributed by atoms with Gasteiger partial charge < -0.3 is 15.3 Å². The summed E-state index contributed by atoms with van der Waals surface area (Å²) in [6.07, 6.45) is 0. The molecular weight excluding hydrogens is 223 g/mol. The van der Waals surface area contributed by atoms with E-state index in [1.165, 1.54) is 17.0 Å². The minimum absolute atomic E-state index is 0.0612. The van der Waals surface area contributed by atoms with Crippen LogP contribution in [0.1, 0.15) is 13.8 Å². The number of benzene rings is 1. The van der Waals surface area contributed by atoms with Gasteiger partial charge in [-0.1, -0.05) is 12.1 Å². The Morgan fingerprint density at radius 1 is 1.47 bits per heavy atom. The number of nitrogens with zero attached hydrogens (tertiary/aromatic N) is 1. The van der Waals surface area contributed by atoms with E-state index in [2.05, 4.69) is 5.32 Å². The number of rotatable bonds is 4. The fraction of sp³-hybridized carbons (Fsp3) is 0.417. The molecule has 5 heteroatoms. The van der Waals surface area contributed by atoms with Crippen LogP contribution < -0.4 is 5.32 Å². The standard InChI is InChI=1S/C12H17FN2O2/c1-9(2)15(7-8-16)12(17)14-11-6-4-3-5-10(11)13/h3-6,9,16H,7-8H2,1-2H3,(H,14,17). The van der Waals surface area contributed by atoms with E-state index >= 15 is 0 Å². The lowest BCUT2D eigenvalue weighted by atomic mass is 10.3. The van der Waals surface area contributed by atoms with E-state index in [9.17, 15) is 9.18 Å². The molecule has 0 unspecified atom stereocenters. The van der Waals surface area contributed by atoms with Crippen LogP contribution in [-0.2, 0) is 0 Å². The molecule has 1 aromatic rings. The number of carbonyl (C=O) groups is 1. The molecule has 0 radical (unpaired) electrons. The summed E-state index contributed by atoms with van der Waals surface area (Å²) >= 11 is 0. The zero-order valence-electron chi connectivity index (χ0n) is 9.98. The number of anilines is 1. The molecule has 17 heavy (non-hydrogen) atoms. The van der Waals surface area contributed by atoms with Crippen molar-refractivity contribution in [3.05, 3.63) is 30.1 Å². The number of halogens is 1. The zero-order valence-corrected chi connectivity index (χ0v) is 9.98. The number of hydrogen-bond acceptors (Lipinski definition) is 2. The van der Waals surface area contributed by atoms with Crippen LogP contribution in [0.2, 0.25) is 0 Å². The molecule has 0 aromatic heterocycles. The van der Waals surface area contributed by atoms with Crippen molar-refractivity contribution in [1.82, 2.24) is 4.90 Å². The van der Waals surface area contributed by atoms with Gasteiger partial charge in [0.1, 0.15) is 5.82 Å². The largest absolute Gasteiger partial charge is 0.395 e. The van der Waals surface area contributed by atoms with Gasteiger partial charge in [-0.2, -0.15) is 0 Å². The summed E-state index contributed by atoms with van der Waals surface area (Å²) in [6, 6.07) is 5.49. The van der Waals surface area contributed by atoms with E-state index in [0.29, 0.717) is 0 Å². The van der Waals surface area contributed by atoms with Gasteiger partial charge in [0.05, 0.1) is 12.3 Å². The molecule has 2 amide bonds. The van der Waals surface area contributed by atoms with Gasteiger partial charge in [0, 0.05) is 12.6 Å². The molecule has 94 valence electrons. The van der Waals surface area contributed by atoms with Gasteiger partial charge in [0.2, 0.25) is 0 Å². The lowest BCUT2D eigenvalue weighted by molar-refractivity contribution is 0.172. The highest BCUT2D eigenvalue weighted by atomic mass is 19.1. The Hall–Kier alpha value is -1.62. The first-order chi connectivity index (χ1) is 8.06. The van der Waals surface area contributed by atoms with Crippen LogP contribution in [0.4, 0.5) is 14.9 Å². The van der Waals surface area contributed by atoms with Crippen molar-refractivity contribution in [2.24, 2.45) is 0 Å². The van der Waals surface area contributed by atoms with E-state index in [1.54, 1.807) is 12.1 Å². The predicted octanol–water partition coefficient (Wildman–Crippen LogP) is 2.06. The highest BCUT2D eigenvalue weighted by Crippen LogP contribution is 2.13. The van der Waals surface area contributed by atoms with Crippen molar-refractivity contribution < 1.29 is 14.3 Å². The van der Waals surface area contributed by atoms with Crippen LogP contribution >= 0.6 is 0 Å². The molecule has 0 aliphatic carbocycles. The minimum Gasteiger partial charge on any atom is -0.395 e. The Morgan fingerprint density at radius 2 is 2.12 bits per heavy atom. The number of hydrogen-bond donors (Lipinski definition) is 2. The average Bonchev–Trinajstić information content (AvgIpc) is 2.28. The van der Waals surface area contributed by atoms with E-state index in [0.717, 1.165) is 0 Å². The number of aliphatic hydroxyl groups is 1. The first-order valence-electron chi connectivity index (χ1n) is 5.49. The Morgan fingerprint density at radius 3 is 2.65 bits per heavy atom. The van der Waals surface area contributed by atoms with E-state index in [1.807, 2.05) is 13.8 Å². The summed E-state index contributed by atoms with van der Waals surface area (Å²) in [4.78, 5) is 13.3. The number of carbonyl (C=O) groups excluding carboxylic acids is 1. The van der Waals surface area contributed by atoms with Gasteiger partial charge in [-0.3, -0.25) is 0 Å². The molecule has 1 rings (SSSR count). The molecule has 0 saturated carbocycles. The van der Waals surface area contributed by atoms with E-state index < -0.39 is 11.8 Å². The Labute approximate surface area is 100 Å². The molecule has 4 nitrogen and oxygen atoms in total. The molecular formula is C12H17FN2O2. The van der Waals surface area contributed by atoms with Crippen LogP contribution in [0.25, 0.3) is 0 Å². The molecule has 0 saturated heterocycles. The van der Waals surface area contributed by atoms with Crippen LogP contribution in [0.15, 0.2) is 24.3 Å². The molecule has 0 spiro atoms. The Kier molecular flexibility index (Phi) is 4.90. The fourth-order valence-electron chi connectivity index (χ4n) is 1.45. The summed E-state index contributed by atoms with van der Waals surface area (Å²) in [7, 11) is 0. The van der Waals surface area contributed by atoms with E-state index in [4.69, 9.17) is 5.11 Å². The van der Waals surface area contributed by atoms with Gasteiger partial charge >= 0.3 is 6.03 Å². The van der Waals surface area contributed by atoms with Crippen molar-refractivity contribution >= 4 is 11.7 Å². The molecule has 0 aliphatic rings. The molecule has 0 atom stereocenters. The first-order valence-corrected chi connectivity index (χ1v) is 5.49. The number of aliphatic hydroxyl groups excluding tert-OH is 1. The van der Waals surface area contributed by atoms with Gasteiger partial charge in [0.25, 0.3) is 0 Å². The Balaban J connectivity index is 2.73. The van der Waals surface area contributed by atoms with Crippen molar-refractivity contribution in [2.45, 2.75) is 19.9 Å². The number of para-hydroxylation sites is 1. The van der Waals surface area contributed by atoms with Crippen LogP contribution in [0, 0.1) is 5.82 Å². The first kappa shape index (κ1) is 13.4. The smallest absolute Gasteiger partial charge is 0.322 e. The lowest BCUT2D eigenvalue weighted by Gasteiger charge is -2.26. The van der Waals surface area contributed by atoms with Gasteiger partial charge in [-0.15, -0.1) is 0 Å². The minimum atomic E-state index is -0.478.